The number of hydrogen-bond acceptors (Lipinski definition) is 3. The van der Waals surface area contributed by atoms with Gasteiger partial charge in [0.05, 0.1) is 6.61 Å². The highest BCUT2D eigenvalue weighted by Gasteiger charge is 1.97. The summed E-state index contributed by atoms with van der Waals surface area (Å²) in [5.41, 5.74) is 7.54. The number of aryl methyl sites for hydroxylation is 1. The molecule has 0 bridgehead atoms. The summed E-state index contributed by atoms with van der Waals surface area (Å²) in [4.78, 5) is 0. The van der Waals surface area contributed by atoms with E-state index in [0.29, 0.717) is 6.61 Å². The molecule has 0 atom stereocenters. The fourth-order valence-electron chi connectivity index (χ4n) is 1.32. The van der Waals surface area contributed by atoms with Crippen LogP contribution in [0.25, 0.3) is 0 Å². The summed E-state index contributed by atoms with van der Waals surface area (Å²) in [6, 6.07) is 5.69. The van der Waals surface area contributed by atoms with Gasteiger partial charge >= 0.3 is 0 Å². The first kappa shape index (κ1) is 11.9. The van der Waals surface area contributed by atoms with Gasteiger partial charge in [0, 0.05) is 12.3 Å². The van der Waals surface area contributed by atoms with Crippen molar-refractivity contribution >= 4 is 5.69 Å². The average Bonchev–Trinajstić information content (AvgIpc) is 2.23. The minimum atomic E-state index is 0.265. The molecule has 3 nitrogen and oxygen atoms in total. The summed E-state index contributed by atoms with van der Waals surface area (Å²) in [6.07, 6.45) is 2.83. The molecule has 1 aromatic rings. The van der Waals surface area contributed by atoms with Gasteiger partial charge in [-0.25, -0.2) is 0 Å². The Morgan fingerprint density at radius 3 is 2.73 bits per heavy atom. The minimum absolute atomic E-state index is 0.265. The van der Waals surface area contributed by atoms with Gasteiger partial charge in [-0.15, -0.1) is 0 Å². The molecule has 0 saturated heterocycles. The molecule has 0 spiro atoms. The van der Waals surface area contributed by atoms with Crippen LogP contribution in [-0.4, -0.2) is 18.3 Å². The minimum Gasteiger partial charge on any atom is -0.494 e. The summed E-state index contributed by atoms with van der Waals surface area (Å²) in [6.45, 7) is 2.93. The van der Waals surface area contributed by atoms with Crippen LogP contribution < -0.4 is 10.5 Å². The second-order valence-corrected chi connectivity index (χ2v) is 3.65. The zero-order chi connectivity index (χ0) is 11.1. The second kappa shape index (κ2) is 6.30. The fraction of sp³-hybridized carbons (Fsp3) is 0.500. The Bertz CT molecular complexity index is 300. The van der Waals surface area contributed by atoms with Gasteiger partial charge in [0.2, 0.25) is 0 Å². The van der Waals surface area contributed by atoms with Crippen LogP contribution in [0.1, 0.15) is 24.8 Å². The molecule has 0 aromatic heterocycles. The van der Waals surface area contributed by atoms with Gasteiger partial charge in [-0.2, -0.15) is 0 Å². The van der Waals surface area contributed by atoms with E-state index in [1.807, 2.05) is 25.1 Å². The first-order valence-electron chi connectivity index (χ1n) is 5.34. The maximum atomic E-state index is 8.59. The third-order valence-corrected chi connectivity index (χ3v) is 2.31. The zero-order valence-corrected chi connectivity index (χ0v) is 9.20. The third-order valence-electron chi connectivity index (χ3n) is 2.31. The van der Waals surface area contributed by atoms with Gasteiger partial charge in [-0.3, -0.25) is 0 Å². The lowest BCUT2D eigenvalue weighted by Gasteiger charge is -2.07. The van der Waals surface area contributed by atoms with Gasteiger partial charge in [-0.1, -0.05) is 0 Å². The van der Waals surface area contributed by atoms with Gasteiger partial charge in [0.1, 0.15) is 5.75 Å². The van der Waals surface area contributed by atoms with Crippen molar-refractivity contribution in [1.29, 1.82) is 0 Å². The molecule has 0 saturated carbocycles. The van der Waals surface area contributed by atoms with Crippen molar-refractivity contribution in [3.05, 3.63) is 23.8 Å². The molecule has 0 aliphatic carbocycles. The summed E-state index contributed by atoms with van der Waals surface area (Å²) >= 11 is 0. The van der Waals surface area contributed by atoms with Crippen molar-refractivity contribution in [2.45, 2.75) is 26.2 Å². The van der Waals surface area contributed by atoms with Crippen molar-refractivity contribution in [2.24, 2.45) is 0 Å². The van der Waals surface area contributed by atoms with Crippen LogP contribution in [0.15, 0.2) is 18.2 Å². The van der Waals surface area contributed by atoms with Crippen molar-refractivity contribution < 1.29 is 9.84 Å². The SMILES string of the molecule is Cc1cc(OCCCCCO)ccc1N. The smallest absolute Gasteiger partial charge is 0.119 e. The number of nitrogens with two attached hydrogens (primary N) is 1. The fourth-order valence-corrected chi connectivity index (χ4v) is 1.32. The molecule has 1 rings (SSSR count). The highest BCUT2D eigenvalue weighted by atomic mass is 16.5. The molecule has 0 fully saturated rings. The van der Waals surface area contributed by atoms with E-state index < -0.39 is 0 Å². The first-order valence-corrected chi connectivity index (χ1v) is 5.34. The van der Waals surface area contributed by atoms with Crippen molar-refractivity contribution in [3.63, 3.8) is 0 Å². The summed E-state index contributed by atoms with van der Waals surface area (Å²) in [7, 11) is 0. The molecule has 0 unspecified atom stereocenters. The van der Waals surface area contributed by atoms with Crippen molar-refractivity contribution in [2.75, 3.05) is 18.9 Å². The number of benzene rings is 1. The zero-order valence-electron chi connectivity index (χ0n) is 9.20. The Labute approximate surface area is 90.9 Å². The number of rotatable bonds is 6. The topological polar surface area (TPSA) is 55.5 Å². The Hall–Kier alpha value is -1.22. The van der Waals surface area contributed by atoms with Crippen LogP contribution >= 0.6 is 0 Å². The maximum Gasteiger partial charge on any atom is 0.119 e. The summed E-state index contributed by atoms with van der Waals surface area (Å²) in [5, 5.41) is 8.59. The number of hydrogen-bond donors (Lipinski definition) is 2. The molecule has 0 amide bonds. The van der Waals surface area contributed by atoms with E-state index >= 15 is 0 Å². The molecule has 3 heteroatoms. The highest BCUT2D eigenvalue weighted by molar-refractivity contribution is 5.49. The number of aliphatic hydroxyl groups excluding tert-OH is 1. The number of unbranched alkanes of at least 4 members (excludes halogenated alkanes) is 2. The highest BCUT2D eigenvalue weighted by Crippen LogP contribution is 2.18. The molecular formula is C12H19NO2. The Morgan fingerprint density at radius 2 is 2.07 bits per heavy atom. The van der Waals surface area contributed by atoms with Crippen molar-refractivity contribution in [3.8, 4) is 5.75 Å². The van der Waals surface area contributed by atoms with E-state index in [9.17, 15) is 0 Å². The lowest BCUT2D eigenvalue weighted by atomic mass is 10.2. The van der Waals surface area contributed by atoms with E-state index in [-0.39, 0.29) is 6.61 Å². The number of nitrogen functional groups attached to an aromatic ring is 1. The van der Waals surface area contributed by atoms with Gasteiger partial charge in [-0.05, 0) is 49.9 Å². The lowest BCUT2D eigenvalue weighted by molar-refractivity contribution is 0.266. The number of ether oxygens (including phenoxy) is 1. The molecule has 15 heavy (non-hydrogen) atoms. The van der Waals surface area contributed by atoms with Gasteiger partial charge in [0.25, 0.3) is 0 Å². The number of anilines is 1. The van der Waals surface area contributed by atoms with E-state index in [2.05, 4.69) is 0 Å². The van der Waals surface area contributed by atoms with E-state index in [1.165, 1.54) is 0 Å². The van der Waals surface area contributed by atoms with Crippen LogP contribution in [0, 0.1) is 6.92 Å². The quantitative estimate of drug-likeness (QED) is 0.557. The van der Waals surface area contributed by atoms with E-state index in [1.54, 1.807) is 0 Å². The van der Waals surface area contributed by atoms with Crippen LogP contribution in [0.4, 0.5) is 5.69 Å². The molecule has 1 aromatic carbocycles. The third kappa shape index (κ3) is 4.21. The normalized spacial score (nSPS) is 10.3. The van der Waals surface area contributed by atoms with Crippen LogP contribution in [0.5, 0.6) is 5.75 Å². The Kier molecular flexibility index (Phi) is 4.98. The van der Waals surface area contributed by atoms with Crippen LogP contribution in [0.3, 0.4) is 0 Å². The first-order chi connectivity index (χ1) is 7.24. The number of aliphatic hydroxyl groups is 1. The second-order valence-electron chi connectivity index (χ2n) is 3.65. The lowest BCUT2D eigenvalue weighted by Crippen LogP contribution is -1.99. The molecular weight excluding hydrogens is 190 g/mol. The Balaban J connectivity index is 2.28. The van der Waals surface area contributed by atoms with Crippen molar-refractivity contribution in [1.82, 2.24) is 0 Å². The molecule has 0 aliphatic rings. The van der Waals surface area contributed by atoms with E-state index in [4.69, 9.17) is 15.6 Å². The predicted octanol–water partition coefficient (Wildman–Crippen LogP) is 2.12. The monoisotopic (exact) mass is 209 g/mol. The average molecular weight is 209 g/mol. The summed E-state index contributed by atoms with van der Waals surface area (Å²) in [5.74, 6) is 0.866. The molecule has 3 N–H and O–H groups in total. The predicted molar refractivity (Wildman–Crippen MR) is 62.0 cm³/mol. The standard InChI is InChI=1S/C12H19NO2/c1-10-9-11(5-6-12(10)13)15-8-4-2-3-7-14/h5-6,9,14H,2-4,7-8,13H2,1H3. The largest absolute Gasteiger partial charge is 0.494 e. The molecule has 84 valence electrons. The molecule has 0 aliphatic heterocycles. The van der Waals surface area contributed by atoms with Gasteiger partial charge < -0.3 is 15.6 Å². The molecule has 0 heterocycles. The Morgan fingerprint density at radius 1 is 1.27 bits per heavy atom. The van der Waals surface area contributed by atoms with Crippen LogP contribution in [0.2, 0.25) is 0 Å². The maximum absolute atomic E-state index is 8.59. The van der Waals surface area contributed by atoms with Gasteiger partial charge in [0.15, 0.2) is 0 Å². The summed E-state index contributed by atoms with van der Waals surface area (Å²) < 4.78 is 5.55. The van der Waals surface area contributed by atoms with Crippen LogP contribution in [-0.2, 0) is 0 Å². The molecule has 0 radical (unpaired) electrons. The van der Waals surface area contributed by atoms with E-state index in [0.717, 1.165) is 36.3 Å².